The van der Waals surface area contributed by atoms with Crippen LogP contribution in [0.2, 0.25) is 0 Å². The van der Waals surface area contributed by atoms with Crippen molar-refractivity contribution in [1.29, 1.82) is 0 Å². The highest BCUT2D eigenvalue weighted by Gasteiger charge is 2.26. The number of thiol groups is 1. The van der Waals surface area contributed by atoms with Gasteiger partial charge in [-0.25, -0.2) is 16.9 Å². The smallest absolute Gasteiger partial charge is 0.340 e. The van der Waals surface area contributed by atoms with Crippen molar-refractivity contribution in [2.24, 2.45) is 0 Å². The topological polar surface area (TPSA) is 84.0 Å². The van der Waals surface area contributed by atoms with E-state index in [-0.39, 0.29) is 22.1 Å². The number of rotatable bonds is 5. The SMILES string of the molecule is COC(=O)c1ccccc1N(S)S(=O)(=O)c1ccc(C(=O)N(C)C)cc1. The van der Waals surface area contributed by atoms with Crippen molar-refractivity contribution in [3.63, 3.8) is 0 Å². The number of anilines is 1. The maximum atomic E-state index is 12.8. The molecule has 2 aromatic rings. The van der Waals surface area contributed by atoms with Gasteiger partial charge in [-0.05, 0) is 36.4 Å². The monoisotopic (exact) mass is 394 g/mol. The zero-order valence-electron chi connectivity index (χ0n) is 14.4. The lowest BCUT2D eigenvalue weighted by Crippen LogP contribution is -2.24. The second-order valence-corrected chi connectivity index (χ2v) is 7.94. The quantitative estimate of drug-likeness (QED) is 0.621. The molecule has 0 aliphatic rings. The summed E-state index contributed by atoms with van der Waals surface area (Å²) in [6, 6.07) is 11.5. The Morgan fingerprint density at radius 2 is 1.58 bits per heavy atom. The van der Waals surface area contributed by atoms with E-state index in [2.05, 4.69) is 17.6 Å². The molecule has 26 heavy (non-hydrogen) atoms. The number of carbonyl (C=O) groups excluding carboxylic acids is 2. The average molecular weight is 394 g/mol. The molecule has 2 rings (SSSR count). The molecule has 0 unspecified atom stereocenters. The first kappa shape index (κ1) is 19.8. The Bertz CT molecular complexity index is 924. The maximum Gasteiger partial charge on any atom is 0.340 e. The summed E-state index contributed by atoms with van der Waals surface area (Å²) in [5.41, 5.74) is 0.485. The Morgan fingerprint density at radius 3 is 2.12 bits per heavy atom. The minimum absolute atomic E-state index is 0.0629. The van der Waals surface area contributed by atoms with Gasteiger partial charge in [0.05, 0.1) is 23.3 Å². The average Bonchev–Trinajstić information content (AvgIpc) is 2.66. The fourth-order valence-corrected chi connectivity index (χ4v) is 3.74. The van der Waals surface area contributed by atoms with Gasteiger partial charge in [0.15, 0.2) is 0 Å². The standard InChI is InChI=1S/C17H18N2O5S2/c1-18(2)16(20)12-8-10-13(11-9-12)26(22,23)19(25)15-7-5-4-6-14(15)17(21)24-3/h4-11,25H,1-3H3. The van der Waals surface area contributed by atoms with E-state index in [4.69, 9.17) is 0 Å². The normalized spacial score (nSPS) is 10.9. The van der Waals surface area contributed by atoms with Crippen molar-refractivity contribution in [2.45, 2.75) is 4.90 Å². The molecule has 0 spiro atoms. The second kappa shape index (κ2) is 7.79. The highest BCUT2D eigenvalue weighted by molar-refractivity contribution is 8.06. The first-order valence-electron chi connectivity index (χ1n) is 7.43. The van der Waals surface area contributed by atoms with Gasteiger partial charge in [0.1, 0.15) is 0 Å². The molecule has 0 heterocycles. The van der Waals surface area contributed by atoms with E-state index < -0.39 is 16.0 Å². The van der Waals surface area contributed by atoms with E-state index in [1.54, 1.807) is 26.2 Å². The van der Waals surface area contributed by atoms with Gasteiger partial charge in [-0.2, -0.15) is 0 Å². The van der Waals surface area contributed by atoms with Crippen molar-refractivity contribution in [3.8, 4) is 0 Å². The summed E-state index contributed by atoms with van der Waals surface area (Å²) in [7, 11) is 0.358. The van der Waals surface area contributed by atoms with E-state index in [0.29, 0.717) is 9.27 Å². The Balaban J connectivity index is 2.42. The molecule has 0 aromatic heterocycles. The molecular formula is C17H18N2O5S2. The molecule has 9 heteroatoms. The lowest BCUT2D eigenvalue weighted by molar-refractivity contribution is 0.0601. The van der Waals surface area contributed by atoms with Crippen molar-refractivity contribution in [3.05, 3.63) is 59.7 Å². The number of carbonyl (C=O) groups is 2. The molecule has 0 aliphatic carbocycles. The molecule has 0 saturated carbocycles. The zero-order valence-corrected chi connectivity index (χ0v) is 16.1. The Hall–Kier alpha value is -2.52. The van der Waals surface area contributed by atoms with Crippen LogP contribution in [0.25, 0.3) is 0 Å². The minimum Gasteiger partial charge on any atom is -0.465 e. The van der Waals surface area contributed by atoms with E-state index in [0.717, 1.165) is 0 Å². The van der Waals surface area contributed by atoms with Crippen LogP contribution in [0.1, 0.15) is 20.7 Å². The van der Waals surface area contributed by atoms with Crippen molar-refractivity contribution < 1.29 is 22.7 Å². The molecule has 7 nitrogen and oxygen atoms in total. The molecule has 0 bridgehead atoms. The summed E-state index contributed by atoms with van der Waals surface area (Å²) in [6.45, 7) is 0. The maximum absolute atomic E-state index is 12.8. The Kier molecular flexibility index (Phi) is 5.94. The third kappa shape index (κ3) is 3.83. The van der Waals surface area contributed by atoms with Gasteiger partial charge in [-0.15, -0.1) is 0 Å². The number of hydrogen-bond acceptors (Lipinski definition) is 6. The molecule has 0 aliphatic heterocycles. The zero-order chi connectivity index (χ0) is 19.5. The van der Waals surface area contributed by atoms with Gasteiger partial charge < -0.3 is 9.64 Å². The molecule has 0 saturated heterocycles. The first-order valence-corrected chi connectivity index (χ1v) is 9.27. The summed E-state index contributed by atoms with van der Waals surface area (Å²) in [4.78, 5) is 25.1. The number of para-hydroxylation sites is 1. The lowest BCUT2D eigenvalue weighted by atomic mass is 10.2. The van der Waals surface area contributed by atoms with Crippen LogP contribution in [0.5, 0.6) is 0 Å². The highest BCUT2D eigenvalue weighted by Crippen LogP contribution is 2.29. The summed E-state index contributed by atoms with van der Waals surface area (Å²) >= 11 is 4.08. The molecule has 1 amide bonds. The number of sulfonamides is 1. The number of methoxy groups -OCH3 is 1. The number of benzene rings is 2. The van der Waals surface area contributed by atoms with Crippen LogP contribution in [0.3, 0.4) is 0 Å². The number of amides is 1. The molecule has 0 fully saturated rings. The third-order valence-corrected chi connectivity index (χ3v) is 5.93. The third-order valence-electron chi connectivity index (χ3n) is 3.55. The molecular weight excluding hydrogens is 376 g/mol. The largest absolute Gasteiger partial charge is 0.465 e. The van der Waals surface area contributed by atoms with E-state index in [9.17, 15) is 18.0 Å². The fourth-order valence-electron chi connectivity index (χ4n) is 2.18. The molecule has 0 radical (unpaired) electrons. The van der Waals surface area contributed by atoms with Crippen LogP contribution in [0.15, 0.2) is 53.4 Å². The molecule has 0 N–H and O–H groups in total. The van der Waals surface area contributed by atoms with Gasteiger partial charge in [0, 0.05) is 19.7 Å². The fraction of sp³-hybridized carbons (Fsp3) is 0.176. The summed E-state index contributed by atoms with van der Waals surface area (Å²) in [5, 5.41) is 0. The van der Waals surface area contributed by atoms with Crippen LogP contribution in [0.4, 0.5) is 5.69 Å². The summed E-state index contributed by atoms with van der Waals surface area (Å²) < 4.78 is 31.0. The predicted octanol–water partition coefficient (Wildman–Crippen LogP) is 2.22. The first-order chi connectivity index (χ1) is 12.2. The Morgan fingerprint density at radius 1 is 1.00 bits per heavy atom. The highest BCUT2D eigenvalue weighted by atomic mass is 32.3. The van der Waals surface area contributed by atoms with Crippen LogP contribution >= 0.6 is 12.8 Å². The number of hydrogen-bond donors (Lipinski definition) is 1. The van der Waals surface area contributed by atoms with Gasteiger partial charge in [0.25, 0.3) is 15.9 Å². The molecule has 2 aromatic carbocycles. The summed E-state index contributed by atoms with van der Waals surface area (Å²) in [5.74, 6) is -0.922. The van der Waals surface area contributed by atoms with Crippen molar-refractivity contribution >= 4 is 40.4 Å². The van der Waals surface area contributed by atoms with Gasteiger partial charge in [-0.1, -0.05) is 24.9 Å². The Labute approximate surface area is 157 Å². The minimum atomic E-state index is -4.05. The van der Waals surface area contributed by atoms with Crippen LogP contribution in [-0.2, 0) is 14.8 Å². The van der Waals surface area contributed by atoms with E-state index >= 15 is 0 Å². The van der Waals surface area contributed by atoms with Crippen LogP contribution in [0, 0.1) is 0 Å². The van der Waals surface area contributed by atoms with Crippen molar-refractivity contribution in [2.75, 3.05) is 24.9 Å². The van der Waals surface area contributed by atoms with Gasteiger partial charge in [0.2, 0.25) is 0 Å². The lowest BCUT2D eigenvalue weighted by Gasteiger charge is -2.20. The van der Waals surface area contributed by atoms with Crippen LogP contribution in [-0.4, -0.2) is 46.4 Å². The number of ether oxygens (including phenoxy) is 1. The van der Waals surface area contributed by atoms with Gasteiger partial charge in [-0.3, -0.25) is 4.79 Å². The van der Waals surface area contributed by atoms with Crippen LogP contribution < -0.4 is 3.71 Å². The predicted molar refractivity (Wildman–Crippen MR) is 101 cm³/mol. The number of esters is 1. The number of nitrogens with zero attached hydrogens (tertiary/aromatic N) is 2. The summed E-state index contributed by atoms with van der Waals surface area (Å²) in [6.07, 6.45) is 0. The molecule has 138 valence electrons. The van der Waals surface area contributed by atoms with E-state index in [1.807, 2.05) is 0 Å². The van der Waals surface area contributed by atoms with Gasteiger partial charge >= 0.3 is 5.97 Å². The van der Waals surface area contributed by atoms with Crippen molar-refractivity contribution in [1.82, 2.24) is 4.90 Å². The second-order valence-electron chi connectivity index (χ2n) is 5.48. The molecule has 0 atom stereocenters. The van der Waals surface area contributed by atoms with E-state index in [1.165, 1.54) is 48.4 Å².